The van der Waals surface area contributed by atoms with Gasteiger partial charge in [-0.15, -0.1) is 0 Å². The number of carbonyl (C=O) groups excluding carboxylic acids is 1. The van der Waals surface area contributed by atoms with Crippen molar-refractivity contribution >= 4 is 11.5 Å². The molecule has 0 atom stereocenters. The van der Waals surface area contributed by atoms with E-state index in [1.165, 1.54) is 27.8 Å². The summed E-state index contributed by atoms with van der Waals surface area (Å²) in [7, 11) is 0. The quantitative estimate of drug-likeness (QED) is 0.804. The number of rotatable bonds is 0. The van der Waals surface area contributed by atoms with Gasteiger partial charge in [0.05, 0.1) is 5.69 Å². The average Bonchev–Trinajstić information content (AvgIpc) is 2.78. The minimum atomic E-state index is 0.147. The first-order valence-corrected chi connectivity index (χ1v) is 8.87. The second-order valence-electron chi connectivity index (χ2n) is 6.84. The molecule has 4 heteroatoms. The first-order chi connectivity index (χ1) is 12.1. The van der Waals surface area contributed by atoms with Crippen LogP contribution >= 0.6 is 0 Å². The van der Waals surface area contributed by atoms with Crippen molar-refractivity contribution in [1.82, 2.24) is 9.88 Å². The molecule has 25 heavy (non-hydrogen) atoms. The van der Waals surface area contributed by atoms with Crippen LogP contribution < -0.4 is 0 Å². The van der Waals surface area contributed by atoms with Crippen LogP contribution in [0.4, 0.5) is 0 Å². The number of hydrogen-bond donors (Lipinski definition) is 1. The van der Waals surface area contributed by atoms with Gasteiger partial charge < -0.3 is 10.0 Å². The largest absolute Gasteiger partial charge is 0.508 e. The van der Waals surface area contributed by atoms with Crippen LogP contribution in [0.25, 0.3) is 5.57 Å². The zero-order valence-electron chi connectivity index (χ0n) is 14.5. The molecule has 2 aromatic rings. The van der Waals surface area contributed by atoms with Crippen molar-refractivity contribution < 1.29 is 9.90 Å². The molecule has 0 radical (unpaired) electrons. The number of piperidine rings is 1. The fraction of sp³-hybridized carbons (Fsp3) is 0.333. The standard InChI is InChI=1S/C21H22N2O2/c1-14(24)23-11-8-15(9-12-23)20-19-7-6-18(25)13-17(19)5-4-16-3-2-10-22-21(16)20/h2-3,6-7,10,13,25H,4-5,8-9,11-12H2,1H3. The maximum absolute atomic E-state index is 11.6. The number of pyridine rings is 1. The van der Waals surface area contributed by atoms with Crippen molar-refractivity contribution in [2.75, 3.05) is 13.1 Å². The fourth-order valence-corrected chi connectivity index (χ4v) is 3.99. The van der Waals surface area contributed by atoms with Gasteiger partial charge in [-0.05, 0) is 60.6 Å². The topological polar surface area (TPSA) is 53.4 Å². The molecule has 2 aliphatic rings. The molecule has 4 nitrogen and oxygen atoms in total. The second-order valence-corrected chi connectivity index (χ2v) is 6.84. The summed E-state index contributed by atoms with van der Waals surface area (Å²) in [6, 6.07) is 9.81. The third-order valence-electron chi connectivity index (χ3n) is 5.32. The molecular weight excluding hydrogens is 312 g/mol. The maximum Gasteiger partial charge on any atom is 0.219 e. The van der Waals surface area contributed by atoms with Crippen LogP contribution in [0.15, 0.2) is 42.1 Å². The van der Waals surface area contributed by atoms with Crippen LogP contribution in [-0.4, -0.2) is 34.0 Å². The van der Waals surface area contributed by atoms with Crippen LogP contribution in [-0.2, 0) is 17.6 Å². The monoisotopic (exact) mass is 334 g/mol. The number of hydrogen-bond acceptors (Lipinski definition) is 3. The zero-order valence-corrected chi connectivity index (χ0v) is 14.5. The van der Waals surface area contributed by atoms with Gasteiger partial charge in [0, 0.05) is 31.8 Å². The highest BCUT2D eigenvalue weighted by atomic mass is 16.3. The number of aryl methyl sites for hydroxylation is 2. The van der Waals surface area contributed by atoms with Gasteiger partial charge in [-0.2, -0.15) is 0 Å². The Hall–Kier alpha value is -2.62. The molecule has 1 aliphatic heterocycles. The smallest absolute Gasteiger partial charge is 0.219 e. The van der Waals surface area contributed by atoms with Gasteiger partial charge in [0.1, 0.15) is 5.75 Å². The van der Waals surface area contributed by atoms with Crippen LogP contribution in [0.5, 0.6) is 5.75 Å². The second kappa shape index (κ2) is 6.36. The average molecular weight is 334 g/mol. The molecule has 0 unspecified atom stereocenters. The van der Waals surface area contributed by atoms with Crippen LogP contribution in [0, 0.1) is 0 Å². The molecule has 128 valence electrons. The third-order valence-corrected chi connectivity index (χ3v) is 5.32. The summed E-state index contributed by atoms with van der Waals surface area (Å²) in [5.41, 5.74) is 7.27. The van der Waals surface area contributed by atoms with Gasteiger partial charge in [-0.1, -0.05) is 17.7 Å². The minimum absolute atomic E-state index is 0.147. The van der Waals surface area contributed by atoms with Crippen LogP contribution in [0.3, 0.4) is 0 Å². The first-order valence-electron chi connectivity index (χ1n) is 8.87. The number of phenols is 1. The molecule has 0 spiro atoms. The SMILES string of the molecule is CC(=O)N1CCC(=C2c3ccc(O)cc3CCc3cccnc32)CC1. The summed E-state index contributed by atoms with van der Waals surface area (Å²) in [6.45, 7) is 3.17. The summed E-state index contributed by atoms with van der Waals surface area (Å²) in [5, 5.41) is 9.91. The molecule has 1 amide bonds. The van der Waals surface area contributed by atoms with Crippen molar-refractivity contribution in [3.05, 3.63) is 64.5 Å². The van der Waals surface area contributed by atoms with Crippen molar-refractivity contribution in [1.29, 1.82) is 0 Å². The van der Waals surface area contributed by atoms with Crippen molar-refractivity contribution in [3.8, 4) is 5.75 Å². The number of amides is 1. The Kier molecular flexibility index (Phi) is 4.04. The molecule has 1 aromatic heterocycles. The van der Waals surface area contributed by atoms with Crippen LogP contribution in [0.2, 0.25) is 0 Å². The number of carbonyl (C=O) groups is 1. The van der Waals surface area contributed by atoms with E-state index in [-0.39, 0.29) is 5.91 Å². The van der Waals surface area contributed by atoms with Crippen molar-refractivity contribution in [2.45, 2.75) is 32.6 Å². The number of benzene rings is 1. The Bertz CT molecular complexity index is 860. The summed E-state index contributed by atoms with van der Waals surface area (Å²) >= 11 is 0. The van der Waals surface area contributed by atoms with E-state index in [1.807, 2.05) is 29.3 Å². The van der Waals surface area contributed by atoms with E-state index in [0.717, 1.165) is 44.5 Å². The number of fused-ring (bicyclic) bond motifs is 2. The Balaban J connectivity index is 1.86. The van der Waals surface area contributed by atoms with Gasteiger partial charge in [-0.25, -0.2) is 0 Å². The lowest BCUT2D eigenvalue weighted by Gasteiger charge is -2.29. The lowest BCUT2D eigenvalue weighted by molar-refractivity contribution is -0.129. The zero-order chi connectivity index (χ0) is 17.4. The molecule has 1 fully saturated rings. The van der Waals surface area contributed by atoms with Crippen LogP contribution in [0.1, 0.15) is 42.1 Å². The summed E-state index contributed by atoms with van der Waals surface area (Å²) in [4.78, 5) is 18.3. The summed E-state index contributed by atoms with van der Waals surface area (Å²) < 4.78 is 0. The predicted molar refractivity (Wildman–Crippen MR) is 97.3 cm³/mol. The van der Waals surface area contributed by atoms with Crippen molar-refractivity contribution in [2.24, 2.45) is 0 Å². The molecule has 2 heterocycles. The molecule has 0 bridgehead atoms. The Labute approximate surface area is 147 Å². The van der Waals surface area contributed by atoms with E-state index in [9.17, 15) is 9.90 Å². The van der Waals surface area contributed by atoms with E-state index in [2.05, 4.69) is 6.07 Å². The Morgan fingerprint density at radius 3 is 2.60 bits per heavy atom. The lowest BCUT2D eigenvalue weighted by Crippen LogP contribution is -2.34. The van der Waals surface area contributed by atoms with E-state index in [4.69, 9.17) is 4.98 Å². The third kappa shape index (κ3) is 2.93. The highest BCUT2D eigenvalue weighted by molar-refractivity contribution is 5.85. The number of aromatic hydroxyl groups is 1. The van der Waals surface area contributed by atoms with E-state index >= 15 is 0 Å². The first kappa shape index (κ1) is 15.9. The molecule has 1 saturated heterocycles. The fourth-order valence-electron chi connectivity index (χ4n) is 3.99. The lowest BCUT2D eigenvalue weighted by atomic mass is 9.88. The molecule has 4 rings (SSSR count). The number of phenolic OH excluding ortho intramolecular Hbond substituents is 1. The Morgan fingerprint density at radius 1 is 1.08 bits per heavy atom. The van der Waals surface area contributed by atoms with E-state index in [0.29, 0.717) is 5.75 Å². The molecule has 1 aliphatic carbocycles. The number of aromatic nitrogens is 1. The van der Waals surface area contributed by atoms with Gasteiger partial charge in [0.15, 0.2) is 0 Å². The van der Waals surface area contributed by atoms with Gasteiger partial charge in [0.2, 0.25) is 5.91 Å². The van der Waals surface area contributed by atoms with Crippen molar-refractivity contribution in [3.63, 3.8) is 0 Å². The molecule has 1 N–H and O–H groups in total. The van der Waals surface area contributed by atoms with Gasteiger partial charge in [-0.3, -0.25) is 9.78 Å². The number of likely N-dealkylation sites (tertiary alicyclic amines) is 1. The van der Waals surface area contributed by atoms with Gasteiger partial charge in [0.25, 0.3) is 0 Å². The van der Waals surface area contributed by atoms with E-state index < -0.39 is 0 Å². The minimum Gasteiger partial charge on any atom is -0.508 e. The van der Waals surface area contributed by atoms with Gasteiger partial charge >= 0.3 is 0 Å². The summed E-state index contributed by atoms with van der Waals surface area (Å²) in [5.74, 6) is 0.460. The summed E-state index contributed by atoms with van der Waals surface area (Å²) in [6.07, 6.45) is 5.45. The molecule has 0 saturated carbocycles. The maximum atomic E-state index is 11.6. The highest BCUT2D eigenvalue weighted by Gasteiger charge is 2.25. The molecular formula is C21H22N2O2. The van der Waals surface area contributed by atoms with E-state index in [1.54, 1.807) is 13.0 Å². The normalized spacial score (nSPS) is 16.9. The number of nitrogens with zero attached hydrogens (tertiary/aromatic N) is 2. The highest BCUT2D eigenvalue weighted by Crippen LogP contribution is 2.38. The molecule has 1 aromatic carbocycles. The predicted octanol–water partition coefficient (Wildman–Crippen LogP) is 3.33. The Morgan fingerprint density at radius 2 is 1.84 bits per heavy atom.